The maximum atomic E-state index is 13.5. The van der Waals surface area contributed by atoms with Crippen molar-refractivity contribution >= 4 is 11.8 Å². The summed E-state index contributed by atoms with van der Waals surface area (Å²) in [7, 11) is 0. The molecule has 228 valence electrons. The van der Waals surface area contributed by atoms with Gasteiger partial charge in [-0.1, -0.05) is 135 Å². The monoisotopic (exact) mass is 547 g/mol. The van der Waals surface area contributed by atoms with Crippen molar-refractivity contribution < 1.29 is 9.59 Å². The van der Waals surface area contributed by atoms with Crippen LogP contribution in [0.15, 0.2) is 12.7 Å². The predicted octanol–water partition coefficient (Wildman–Crippen LogP) is 9.95. The van der Waals surface area contributed by atoms with Gasteiger partial charge >= 0.3 is 0 Å². The van der Waals surface area contributed by atoms with E-state index < -0.39 is 0 Å². The largest absolute Gasteiger partial charge is 0.351 e. The molecule has 4 nitrogen and oxygen atoms in total. The quantitative estimate of drug-likeness (QED) is 0.0837. The zero-order valence-electron chi connectivity index (χ0n) is 26.2. The molecule has 39 heavy (non-hydrogen) atoms. The zero-order valence-corrected chi connectivity index (χ0v) is 26.2. The van der Waals surface area contributed by atoms with Gasteiger partial charge in [0.05, 0.1) is 0 Å². The third-order valence-electron chi connectivity index (χ3n) is 8.69. The first-order chi connectivity index (χ1) is 19.1. The number of rotatable bonds is 26. The summed E-state index contributed by atoms with van der Waals surface area (Å²) in [4.78, 5) is 26.2. The highest BCUT2D eigenvalue weighted by molar-refractivity contribution is 5.79. The molecule has 4 heteroatoms. The molecule has 0 bridgehead atoms. The fourth-order valence-corrected chi connectivity index (χ4v) is 6.09. The molecule has 0 spiro atoms. The molecular weight excluding hydrogens is 480 g/mol. The molecule has 1 unspecified atom stereocenters. The van der Waals surface area contributed by atoms with E-state index in [1.807, 2.05) is 6.08 Å². The molecule has 2 amide bonds. The number of unbranched alkanes of at least 4 members (excludes halogenated alkanes) is 16. The van der Waals surface area contributed by atoms with E-state index in [1.54, 1.807) is 0 Å². The van der Waals surface area contributed by atoms with Gasteiger partial charge in [0, 0.05) is 24.4 Å². The average Bonchev–Trinajstić information content (AvgIpc) is 2.93. The lowest BCUT2D eigenvalue weighted by Crippen LogP contribution is -2.54. The van der Waals surface area contributed by atoms with Crippen LogP contribution in [0.1, 0.15) is 181 Å². The topological polar surface area (TPSA) is 58.2 Å². The Morgan fingerprint density at radius 2 is 1.13 bits per heavy atom. The van der Waals surface area contributed by atoms with Crippen LogP contribution in [-0.2, 0) is 9.59 Å². The van der Waals surface area contributed by atoms with Gasteiger partial charge in [0.15, 0.2) is 0 Å². The summed E-state index contributed by atoms with van der Waals surface area (Å²) >= 11 is 0. The van der Waals surface area contributed by atoms with Gasteiger partial charge in [0.25, 0.3) is 0 Å². The van der Waals surface area contributed by atoms with E-state index in [1.165, 1.54) is 89.9 Å². The van der Waals surface area contributed by atoms with E-state index in [-0.39, 0.29) is 29.8 Å². The number of nitrogens with one attached hydrogen (secondary N) is 2. The van der Waals surface area contributed by atoms with Gasteiger partial charge in [0.1, 0.15) is 0 Å². The fourth-order valence-electron chi connectivity index (χ4n) is 6.09. The Bertz CT molecular complexity index is 605. The molecule has 0 aromatic heterocycles. The van der Waals surface area contributed by atoms with Crippen molar-refractivity contribution in [1.82, 2.24) is 10.6 Å². The number of carbonyl (C=O) groups is 2. The lowest BCUT2D eigenvalue weighted by Gasteiger charge is -2.34. The minimum atomic E-state index is 0.0942. The Kier molecular flexibility index (Phi) is 23.5. The van der Waals surface area contributed by atoms with Crippen molar-refractivity contribution in [2.75, 3.05) is 0 Å². The summed E-state index contributed by atoms with van der Waals surface area (Å²) in [6.07, 6.45) is 32.4. The van der Waals surface area contributed by atoms with Gasteiger partial charge in [-0.05, 0) is 44.9 Å². The lowest BCUT2D eigenvalue weighted by molar-refractivity contribution is -0.128. The van der Waals surface area contributed by atoms with Crippen LogP contribution >= 0.6 is 0 Å². The first kappa shape index (κ1) is 35.7. The van der Waals surface area contributed by atoms with Gasteiger partial charge in [-0.25, -0.2) is 0 Å². The van der Waals surface area contributed by atoms with Gasteiger partial charge in [-0.15, -0.1) is 6.58 Å². The van der Waals surface area contributed by atoms with E-state index in [4.69, 9.17) is 0 Å². The van der Waals surface area contributed by atoms with Crippen molar-refractivity contribution in [2.45, 2.75) is 193 Å². The minimum Gasteiger partial charge on any atom is -0.351 e. The molecule has 1 aliphatic carbocycles. The van der Waals surface area contributed by atoms with Crippen molar-refractivity contribution in [3.63, 3.8) is 0 Å². The highest BCUT2D eigenvalue weighted by Crippen LogP contribution is 2.23. The smallest absolute Gasteiger partial charge is 0.223 e. The molecule has 0 radical (unpaired) electrons. The molecule has 1 fully saturated rings. The second-order valence-electron chi connectivity index (χ2n) is 12.3. The first-order valence-electron chi connectivity index (χ1n) is 17.3. The summed E-state index contributed by atoms with van der Waals surface area (Å²) < 4.78 is 0. The van der Waals surface area contributed by atoms with E-state index in [2.05, 4.69) is 31.1 Å². The second-order valence-corrected chi connectivity index (χ2v) is 12.3. The molecular formula is C35H66N2O2. The Morgan fingerprint density at radius 3 is 1.67 bits per heavy atom. The highest BCUT2D eigenvalue weighted by atomic mass is 16.2. The molecule has 0 aromatic carbocycles. The van der Waals surface area contributed by atoms with Gasteiger partial charge in [0.2, 0.25) is 11.8 Å². The fraction of sp³-hybridized carbons (Fsp3) is 0.886. The van der Waals surface area contributed by atoms with Crippen LogP contribution in [0.25, 0.3) is 0 Å². The molecule has 1 aliphatic rings. The predicted molar refractivity (Wildman–Crippen MR) is 169 cm³/mol. The summed E-state index contributed by atoms with van der Waals surface area (Å²) in [5, 5.41) is 6.75. The number of hydrogen-bond acceptors (Lipinski definition) is 2. The summed E-state index contributed by atoms with van der Waals surface area (Å²) in [6.45, 7) is 8.30. The van der Waals surface area contributed by atoms with Crippen LogP contribution in [0.5, 0.6) is 0 Å². The highest BCUT2D eigenvalue weighted by Gasteiger charge is 2.29. The Labute approximate surface area is 243 Å². The van der Waals surface area contributed by atoms with Crippen LogP contribution in [0.2, 0.25) is 0 Å². The van der Waals surface area contributed by atoms with Crippen molar-refractivity contribution in [2.24, 2.45) is 5.92 Å². The van der Waals surface area contributed by atoms with Crippen molar-refractivity contribution in [3.8, 4) is 0 Å². The van der Waals surface area contributed by atoms with Crippen molar-refractivity contribution in [3.05, 3.63) is 12.7 Å². The Morgan fingerprint density at radius 1 is 0.667 bits per heavy atom. The summed E-state index contributed by atoms with van der Waals surface area (Å²) in [5.74, 6) is 0.550. The minimum absolute atomic E-state index is 0.0942. The average molecular weight is 547 g/mol. The van der Waals surface area contributed by atoms with Crippen LogP contribution < -0.4 is 10.6 Å². The first-order valence-corrected chi connectivity index (χ1v) is 17.3. The maximum absolute atomic E-state index is 13.5. The molecule has 0 saturated heterocycles. The third kappa shape index (κ3) is 19.4. The Hall–Kier alpha value is -1.32. The van der Waals surface area contributed by atoms with Gasteiger partial charge in [-0.2, -0.15) is 0 Å². The zero-order chi connectivity index (χ0) is 28.4. The molecule has 0 aromatic rings. The normalized spacial score (nSPS) is 18.0. The maximum Gasteiger partial charge on any atom is 0.223 e. The number of hydrogen-bond donors (Lipinski definition) is 2. The summed E-state index contributed by atoms with van der Waals surface area (Å²) in [6, 6.07) is 0.189. The standard InChI is InChI=1S/C35H66N2O2/c1-4-7-10-13-15-17-20-23-30-34(38)36-32-28-24-25-29-33(32)37-35(39)31(26-21-18-12-9-6-3)27-22-19-16-14-11-8-5-2/h4,31-33H,1,5-30H2,2-3H3,(H,36,38)(H,37,39)/t31?,32-,33-/m1/s1. The van der Waals surface area contributed by atoms with Crippen molar-refractivity contribution in [1.29, 1.82) is 0 Å². The lowest BCUT2D eigenvalue weighted by atomic mass is 9.88. The SMILES string of the molecule is C=CCCCCCCCCC(=O)N[C@@H]1CCCC[C@H]1NC(=O)C(CCCCCCC)CCCCCCCCC. The Balaban J connectivity index is 2.46. The molecule has 0 heterocycles. The van der Waals surface area contributed by atoms with Gasteiger partial charge < -0.3 is 10.6 Å². The molecule has 1 saturated carbocycles. The van der Waals surface area contributed by atoms with Gasteiger partial charge in [-0.3, -0.25) is 9.59 Å². The van der Waals surface area contributed by atoms with Crippen LogP contribution in [0.3, 0.4) is 0 Å². The third-order valence-corrected chi connectivity index (χ3v) is 8.69. The summed E-state index contributed by atoms with van der Waals surface area (Å²) in [5.41, 5.74) is 0. The van der Waals surface area contributed by atoms with E-state index in [0.717, 1.165) is 70.6 Å². The van der Waals surface area contributed by atoms with Crippen LogP contribution in [0.4, 0.5) is 0 Å². The van der Waals surface area contributed by atoms with E-state index >= 15 is 0 Å². The molecule has 3 atom stereocenters. The van der Waals surface area contributed by atoms with Crippen LogP contribution in [-0.4, -0.2) is 23.9 Å². The molecule has 1 rings (SSSR count). The molecule has 0 aliphatic heterocycles. The van der Waals surface area contributed by atoms with E-state index in [0.29, 0.717) is 6.42 Å². The number of carbonyl (C=O) groups excluding carboxylic acids is 2. The number of allylic oxidation sites excluding steroid dienone is 1. The van der Waals surface area contributed by atoms with E-state index in [9.17, 15) is 9.59 Å². The second kappa shape index (κ2) is 25.6. The molecule has 2 N–H and O–H groups in total. The number of amides is 2. The van der Waals surface area contributed by atoms with Crippen LogP contribution in [0, 0.1) is 5.92 Å².